The molecule has 0 spiro atoms. The Kier molecular flexibility index (Phi) is 5.76. The minimum atomic E-state index is -0.312. The first-order chi connectivity index (χ1) is 14.5. The van der Waals surface area contributed by atoms with Gasteiger partial charge >= 0.3 is 0 Å². The van der Waals surface area contributed by atoms with E-state index in [1.807, 2.05) is 31.2 Å². The molecule has 0 aliphatic carbocycles. The van der Waals surface area contributed by atoms with Gasteiger partial charge in [-0.3, -0.25) is 9.59 Å². The van der Waals surface area contributed by atoms with Gasteiger partial charge < -0.3 is 15.0 Å². The summed E-state index contributed by atoms with van der Waals surface area (Å²) >= 11 is 1.35. The van der Waals surface area contributed by atoms with Crippen molar-refractivity contribution in [3.05, 3.63) is 59.2 Å². The summed E-state index contributed by atoms with van der Waals surface area (Å²) in [6.07, 6.45) is 0.151. The van der Waals surface area contributed by atoms with Crippen LogP contribution in [0.4, 0.5) is 15.2 Å². The summed E-state index contributed by atoms with van der Waals surface area (Å²) in [7, 11) is 0. The Hall–Kier alpha value is -3.26. The lowest BCUT2D eigenvalue weighted by Crippen LogP contribution is -2.38. The van der Waals surface area contributed by atoms with E-state index in [9.17, 15) is 14.0 Å². The van der Waals surface area contributed by atoms with E-state index in [0.29, 0.717) is 29.7 Å². The summed E-state index contributed by atoms with van der Waals surface area (Å²) in [4.78, 5) is 32.0. The second-order valence-electron chi connectivity index (χ2n) is 6.84. The number of aryl methyl sites for hydroxylation is 1. The van der Waals surface area contributed by atoms with Crippen molar-refractivity contribution in [2.24, 2.45) is 0 Å². The lowest BCUT2D eigenvalue weighted by Gasteiger charge is -2.29. The van der Waals surface area contributed by atoms with Crippen molar-refractivity contribution in [3.63, 3.8) is 0 Å². The standard InChI is InChI=1S/C22H20FN3O3S/c1-14-21(15-6-8-16(23)9-7-15)25-22(30-14)24-19(27)10-11-20(28)26-12-13-29-18-5-3-2-4-17(18)26/h2-9H,10-13H2,1H3,(H,24,25,27). The van der Waals surface area contributed by atoms with Crippen LogP contribution < -0.4 is 15.0 Å². The monoisotopic (exact) mass is 425 g/mol. The maximum absolute atomic E-state index is 13.1. The minimum Gasteiger partial charge on any atom is -0.490 e. The molecule has 0 radical (unpaired) electrons. The normalized spacial score (nSPS) is 12.8. The van der Waals surface area contributed by atoms with E-state index in [-0.39, 0.29) is 30.5 Å². The molecule has 154 valence electrons. The molecule has 30 heavy (non-hydrogen) atoms. The highest BCUT2D eigenvalue weighted by atomic mass is 32.1. The smallest absolute Gasteiger partial charge is 0.227 e. The van der Waals surface area contributed by atoms with E-state index in [4.69, 9.17) is 4.74 Å². The second-order valence-corrected chi connectivity index (χ2v) is 8.04. The predicted molar refractivity (Wildman–Crippen MR) is 114 cm³/mol. The van der Waals surface area contributed by atoms with Gasteiger partial charge in [0.1, 0.15) is 18.2 Å². The zero-order valence-corrected chi connectivity index (χ0v) is 17.2. The maximum atomic E-state index is 13.1. The number of hydrogen-bond acceptors (Lipinski definition) is 5. The molecule has 1 N–H and O–H groups in total. The molecule has 1 aliphatic heterocycles. The predicted octanol–water partition coefficient (Wildman–Crippen LogP) is 4.40. The zero-order valence-electron chi connectivity index (χ0n) is 16.4. The van der Waals surface area contributed by atoms with Crippen molar-refractivity contribution >= 4 is 34.0 Å². The Morgan fingerprint density at radius 3 is 2.73 bits per heavy atom. The summed E-state index contributed by atoms with van der Waals surface area (Å²) in [6, 6.07) is 13.4. The molecule has 1 aromatic heterocycles. The molecule has 0 atom stereocenters. The highest BCUT2D eigenvalue weighted by Gasteiger charge is 2.23. The molecule has 2 heterocycles. The van der Waals surface area contributed by atoms with E-state index >= 15 is 0 Å². The highest BCUT2D eigenvalue weighted by Crippen LogP contribution is 2.32. The average Bonchev–Trinajstić information content (AvgIpc) is 3.12. The van der Waals surface area contributed by atoms with E-state index in [1.165, 1.54) is 23.5 Å². The summed E-state index contributed by atoms with van der Waals surface area (Å²) in [6.45, 7) is 2.79. The number of carbonyl (C=O) groups is 2. The Morgan fingerprint density at radius 2 is 1.93 bits per heavy atom. The Labute approximate surface area is 177 Å². The van der Waals surface area contributed by atoms with E-state index in [2.05, 4.69) is 10.3 Å². The van der Waals surface area contributed by atoms with Crippen LogP contribution in [0.1, 0.15) is 17.7 Å². The fourth-order valence-corrected chi connectivity index (χ4v) is 4.14. The molecule has 3 aromatic rings. The molecule has 6 nitrogen and oxygen atoms in total. The van der Waals surface area contributed by atoms with Crippen molar-refractivity contribution in [3.8, 4) is 17.0 Å². The third-order valence-corrected chi connectivity index (χ3v) is 5.64. The number of aromatic nitrogens is 1. The van der Waals surface area contributed by atoms with Crippen LogP contribution in [0.2, 0.25) is 0 Å². The Balaban J connectivity index is 1.36. The van der Waals surface area contributed by atoms with Crippen molar-refractivity contribution in [1.82, 2.24) is 4.98 Å². The van der Waals surface area contributed by atoms with Crippen molar-refractivity contribution < 1.29 is 18.7 Å². The summed E-state index contributed by atoms with van der Waals surface area (Å²) in [5.41, 5.74) is 2.22. The number of carbonyl (C=O) groups excluding carboxylic acids is 2. The number of para-hydroxylation sites is 2. The van der Waals surface area contributed by atoms with Crippen LogP contribution in [0.25, 0.3) is 11.3 Å². The quantitative estimate of drug-likeness (QED) is 0.658. The number of ether oxygens (including phenoxy) is 1. The molecule has 8 heteroatoms. The topological polar surface area (TPSA) is 71.5 Å². The molecule has 2 amide bonds. The summed E-state index contributed by atoms with van der Waals surface area (Å²) in [5, 5.41) is 3.22. The van der Waals surface area contributed by atoms with Crippen LogP contribution in [-0.4, -0.2) is 29.9 Å². The minimum absolute atomic E-state index is 0.0584. The van der Waals surface area contributed by atoms with E-state index in [1.54, 1.807) is 17.0 Å². The van der Waals surface area contributed by atoms with Gasteiger partial charge in [-0.1, -0.05) is 12.1 Å². The molecule has 0 saturated heterocycles. The second kappa shape index (κ2) is 8.62. The largest absolute Gasteiger partial charge is 0.490 e. The molecular weight excluding hydrogens is 405 g/mol. The van der Waals surface area contributed by atoms with Gasteiger partial charge in [-0.25, -0.2) is 9.37 Å². The maximum Gasteiger partial charge on any atom is 0.227 e. The molecule has 0 unspecified atom stereocenters. The number of nitrogens with one attached hydrogen (secondary N) is 1. The summed E-state index contributed by atoms with van der Waals surface area (Å²) in [5.74, 6) is -0.0339. The van der Waals surface area contributed by atoms with Gasteiger partial charge in [0.25, 0.3) is 0 Å². The van der Waals surface area contributed by atoms with E-state index < -0.39 is 0 Å². The lowest BCUT2D eigenvalue weighted by atomic mass is 10.1. The average molecular weight is 425 g/mol. The van der Waals surface area contributed by atoms with Crippen LogP contribution in [-0.2, 0) is 9.59 Å². The molecule has 1 aliphatic rings. The molecule has 0 fully saturated rings. The number of hydrogen-bond donors (Lipinski definition) is 1. The summed E-state index contributed by atoms with van der Waals surface area (Å²) < 4.78 is 18.7. The van der Waals surface area contributed by atoms with Crippen molar-refractivity contribution in [2.45, 2.75) is 19.8 Å². The van der Waals surface area contributed by atoms with Crippen LogP contribution in [0.3, 0.4) is 0 Å². The van der Waals surface area contributed by atoms with Gasteiger partial charge in [0.05, 0.1) is 17.9 Å². The molecule has 2 aromatic carbocycles. The number of halogens is 1. The third-order valence-electron chi connectivity index (χ3n) is 4.76. The van der Waals surface area contributed by atoms with Crippen LogP contribution in [0.5, 0.6) is 5.75 Å². The van der Waals surface area contributed by atoms with Gasteiger partial charge in [0, 0.05) is 23.3 Å². The van der Waals surface area contributed by atoms with Crippen molar-refractivity contribution in [2.75, 3.05) is 23.4 Å². The number of thiazole rings is 1. The number of nitrogens with zero attached hydrogens (tertiary/aromatic N) is 2. The Bertz CT molecular complexity index is 1080. The van der Waals surface area contributed by atoms with Gasteiger partial charge in [0.15, 0.2) is 5.13 Å². The first-order valence-electron chi connectivity index (χ1n) is 9.56. The van der Waals surface area contributed by atoms with Crippen molar-refractivity contribution in [1.29, 1.82) is 0 Å². The SMILES string of the molecule is Cc1sc(NC(=O)CCC(=O)N2CCOc3ccccc32)nc1-c1ccc(F)cc1. The number of benzene rings is 2. The van der Waals surface area contributed by atoms with Gasteiger partial charge in [0.2, 0.25) is 11.8 Å². The fraction of sp³-hybridized carbons (Fsp3) is 0.227. The highest BCUT2D eigenvalue weighted by molar-refractivity contribution is 7.16. The number of amides is 2. The zero-order chi connectivity index (χ0) is 21.1. The number of rotatable bonds is 5. The van der Waals surface area contributed by atoms with Crippen LogP contribution in [0, 0.1) is 12.7 Å². The van der Waals surface area contributed by atoms with Gasteiger partial charge in [-0.05, 0) is 43.3 Å². The van der Waals surface area contributed by atoms with E-state index in [0.717, 1.165) is 16.1 Å². The first-order valence-corrected chi connectivity index (χ1v) is 10.4. The number of fused-ring (bicyclic) bond motifs is 1. The Morgan fingerprint density at radius 1 is 1.17 bits per heavy atom. The number of anilines is 2. The van der Waals surface area contributed by atoms with Crippen LogP contribution >= 0.6 is 11.3 Å². The fourth-order valence-electron chi connectivity index (χ4n) is 3.29. The third kappa shape index (κ3) is 4.33. The molecule has 0 saturated carbocycles. The van der Waals surface area contributed by atoms with Gasteiger partial charge in [-0.2, -0.15) is 0 Å². The first kappa shape index (κ1) is 20.0. The molecule has 0 bridgehead atoms. The lowest BCUT2D eigenvalue weighted by molar-refractivity contribution is -0.122. The molecule has 4 rings (SSSR count). The van der Waals surface area contributed by atoms with Gasteiger partial charge in [-0.15, -0.1) is 11.3 Å². The molecular formula is C22H20FN3O3S. The van der Waals surface area contributed by atoms with Crippen LogP contribution in [0.15, 0.2) is 48.5 Å².